The zero-order valence-electron chi connectivity index (χ0n) is 11.1. The number of benzene rings is 1. The fraction of sp³-hybridized carbons (Fsp3) is 0.286. The van der Waals surface area contributed by atoms with E-state index in [1.807, 2.05) is 31.2 Å². The van der Waals surface area contributed by atoms with Crippen molar-refractivity contribution >= 4 is 17.3 Å². The van der Waals surface area contributed by atoms with Crippen molar-refractivity contribution in [3.8, 4) is 10.4 Å². The van der Waals surface area contributed by atoms with Gasteiger partial charge in [-0.2, -0.15) is 0 Å². The summed E-state index contributed by atoms with van der Waals surface area (Å²) in [6.45, 7) is 2.37. The standard InChI is InChI=1S/C14H15NO3S/c1-9-15-12(14(16)18-3)13(19-9)11-7-5-4-6-10(11)8-17-2/h4-7H,8H2,1-3H3. The van der Waals surface area contributed by atoms with E-state index >= 15 is 0 Å². The topological polar surface area (TPSA) is 48.4 Å². The van der Waals surface area contributed by atoms with Crippen LogP contribution in [0.3, 0.4) is 0 Å². The average molecular weight is 277 g/mol. The molecule has 2 rings (SSSR count). The van der Waals surface area contributed by atoms with Crippen LogP contribution in [0.5, 0.6) is 0 Å². The highest BCUT2D eigenvalue weighted by Crippen LogP contribution is 2.33. The molecule has 1 aromatic carbocycles. The highest BCUT2D eigenvalue weighted by Gasteiger charge is 2.20. The van der Waals surface area contributed by atoms with Crippen molar-refractivity contribution in [3.63, 3.8) is 0 Å². The molecule has 0 unspecified atom stereocenters. The Balaban J connectivity index is 2.55. The van der Waals surface area contributed by atoms with E-state index in [1.165, 1.54) is 18.4 Å². The van der Waals surface area contributed by atoms with Gasteiger partial charge in [0.2, 0.25) is 0 Å². The summed E-state index contributed by atoms with van der Waals surface area (Å²) in [6.07, 6.45) is 0. The number of thiazole rings is 1. The van der Waals surface area contributed by atoms with E-state index < -0.39 is 5.97 Å². The van der Waals surface area contributed by atoms with Crippen molar-refractivity contribution in [3.05, 3.63) is 40.5 Å². The van der Waals surface area contributed by atoms with Gasteiger partial charge in [0.1, 0.15) is 0 Å². The minimum absolute atomic E-state index is 0.369. The van der Waals surface area contributed by atoms with Crippen LogP contribution in [0, 0.1) is 6.92 Å². The van der Waals surface area contributed by atoms with Gasteiger partial charge in [0.25, 0.3) is 0 Å². The molecule has 0 atom stereocenters. The number of esters is 1. The molecular weight excluding hydrogens is 262 g/mol. The summed E-state index contributed by atoms with van der Waals surface area (Å²) in [6, 6.07) is 7.83. The van der Waals surface area contributed by atoms with Crippen molar-refractivity contribution in [1.29, 1.82) is 0 Å². The average Bonchev–Trinajstić information content (AvgIpc) is 2.81. The first kappa shape index (κ1) is 13.7. The lowest BCUT2D eigenvalue weighted by atomic mass is 10.1. The second-order valence-electron chi connectivity index (χ2n) is 3.99. The summed E-state index contributed by atoms with van der Waals surface area (Å²) >= 11 is 1.48. The number of aryl methyl sites for hydroxylation is 1. The second-order valence-corrected chi connectivity index (χ2v) is 5.20. The van der Waals surface area contributed by atoms with Gasteiger partial charge in [-0.05, 0) is 18.1 Å². The molecule has 1 heterocycles. The zero-order chi connectivity index (χ0) is 13.8. The van der Waals surface area contributed by atoms with Crippen LogP contribution >= 0.6 is 11.3 Å². The lowest BCUT2D eigenvalue weighted by Crippen LogP contribution is -2.04. The summed E-state index contributed by atoms with van der Waals surface area (Å²) in [5, 5.41) is 0.836. The van der Waals surface area contributed by atoms with E-state index in [0.29, 0.717) is 12.3 Å². The smallest absolute Gasteiger partial charge is 0.358 e. The Hall–Kier alpha value is -1.72. The van der Waals surface area contributed by atoms with Crippen LogP contribution < -0.4 is 0 Å². The van der Waals surface area contributed by atoms with Crippen LogP contribution in [-0.2, 0) is 16.1 Å². The lowest BCUT2D eigenvalue weighted by Gasteiger charge is -2.07. The minimum atomic E-state index is -0.411. The predicted molar refractivity (Wildman–Crippen MR) is 74.3 cm³/mol. The highest BCUT2D eigenvalue weighted by atomic mass is 32.1. The first-order chi connectivity index (χ1) is 9.17. The molecule has 2 aromatic rings. The summed E-state index contributed by atoms with van der Waals surface area (Å²) in [5.41, 5.74) is 2.36. The molecule has 0 bridgehead atoms. The molecule has 5 heteroatoms. The molecule has 0 saturated carbocycles. The van der Waals surface area contributed by atoms with Crippen molar-refractivity contribution in [2.24, 2.45) is 0 Å². The van der Waals surface area contributed by atoms with E-state index in [9.17, 15) is 4.79 Å². The van der Waals surface area contributed by atoms with E-state index in [1.54, 1.807) is 7.11 Å². The number of hydrogen-bond acceptors (Lipinski definition) is 5. The Morgan fingerprint density at radius 2 is 2.05 bits per heavy atom. The molecule has 0 aliphatic rings. The van der Waals surface area contributed by atoms with Gasteiger partial charge in [0, 0.05) is 7.11 Å². The van der Waals surface area contributed by atoms with Crippen molar-refractivity contribution < 1.29 is 14.3 Å². The molecule has 0 amide bonds. The van der Waals surface area contributed by atoms with E-state index in [-0.39, 0.29) is 0 Å². The summed E-state index contributed by atoms with van der Waals surface area (Å²) in [5.74, 6) is -0.411. The summed E-state index contributed by atoms with van der Waals surface area (Å²) in [7, 11) is 3.01. The van der Waals surface area contributed by atoms with Crippen molar-refractivity contribution in [2.75, 3.05) is 14.2 Å². The number of ether oxygens (including phenoxy) is 2. The third kappa shape index (κ3) is 2.83. The second kappa shape index (κ2) is 5.95. The van der Waals surface area contributed by atoms with Gasteiger partial charge in [0.15, 0.2) is 5.69 Å². The monoisotopic (exact) mass is 277 g/mol. The molecule has 0 saturated heterocycles. The first-order valence-corrected chi connectivity index (χ1v) is 6.62. The fourth-order valence-electron chi connectivity index (χ4n) is 1.87. The molecular formula is C14H15NO3S. The van der Waals surface area contributed by atoms with Crippen molar-refractivity contribution in [1.82, 2.24) is 4.98 Å². The summed E-state index contributed by atoms with van der Waals surface area (Å²) in [4.78, 5) is 16.9. The summed E-state index contributed by atoms with van der Waals surface area (Å²) < 4.78 is 9.98. The van der Waals surface area contributed by atoms with Crippen LogP contribution in [0.4, 0.5) is 0 Å². The Morgan fingerprint density at radius 3 is 2.74 bits per heavy atom. The molecule has 0 spiro atoms. The molecule has 0 aliphatic carbocycles. The van der Waals surface area contributed by atoms with Crippen LogP contribution in [0.2, 0.25) is 0 Å². The number of carbonyl (C=O) groups excluding carboxylic acids is 1. The predicted octanol–water partition coefficient (Wildman–Crippen LogP) is 3.05. The first-order valence-electron chi connectivity index (χ1n) is 5.80. The Bertz CT molecular complexity index is 592. The molecule has 1 aromatic heterocycles. The number of aromatic nitrogens is 1. The number of carbonyl (C=O) groups is 1. The van der Waals surface area contributed by atoms with Gasteiger partial charge in [-0.25, -0.2) is 9.78 Å². The van der Waals surface area contributed by atoms with Gasteiger partial charge in [-0.3, -0.25) is 0 Å². The SMILES string of the molecule is COCc1ccccc1-c1sc(C)nc1C(=O)OC. The number of nitrogens with zero attached hydrogens (tertiary/aromatic N) is 1. The quantitative estimate of drug-likeness (QED) is 0.806. The Kier molecular flexibility index (Phi) is 4.29. The van der Waals surface area contributed by atoms with Gasteiger partial charge < -0.3 is 9.47 Å². The number of hydrogen-bond donors (Lipinski definition) is 0. The molecule has 4 nitrogen and oxygen atoms in total. The minimum Gasteiger partial charge on any atom is -0.464 e. The molecule has 0 fully saturated rings. The van der Waals surface area contributed by atoms with Crippen LogP contribution in [-0.4, -0.2) is 25.2 Å². The van der Waals surface area contributed by atoms with Gasteiger partial charge in [-0.15, -0.1) is 11.3 Å². The third-order valence-corrected chi connectivity index (χ3v) is 3.68. The largest absolute Gasteiger partial charge is 0.464 e. The zero-order valence-corrected chi connectivity index (χ0v) is 11.9. The fourth-order valence-corrected chi connectivity index (χ4v) is 2.83. The van der Waals surface area contributed by atoms with E-state index in [0.717, 1.165) is 21.0 Å². The van der Waals surface area contributed by atoms with E-state index in [4.69, 9.17) is 9.47 Å². The Labute approximate surface area is 116 Å². The van der Waals surface area contributed by atoms with E-state index in [2.05, 4.69) is 4.98 Å². The van der Waals surface area contributed by atoms with Crippen LogP contribution in [0.1, 0.15) is 21.1 Å². The maximum atomic E-state index is 11.8. The molecule has 0 N–H and O–H groups in total. The maximum Gasteiger partial charge on any atom is 0.358 e. The van der Waals surface area contributed by atoms with Crippen LogP contribution in [0.15, 0.2) is 24.3 Å². The molecule has 0 radical (unpaired) electrons. The molecule has 100 valence electrons. The third-order valence-electron chi connectivity index (χ3n) is 2.67. The molecule has 19 heavy (non-hydrogen) atoms. The lowest BCUT2D eigenvalue weighted by molar-refractivity contribution is 0.0595. The highest BCUT2D eigenvalue weighted by molar-refractivity contribution is 7.15. The van der Waals surface area contributed by atoms with Gasteiger partial charge in [0.05, 0.1) is 23.6 Å². The van der Waals surface area contributed by atoms with Gasteiger partial charge >= 0.3 is 5.97 Å². The number of rotatable bonds is 4. The normalized spacial score (nSPS) is 10.5. The maximum absolute atomic E-state index is 11.8. The Morgan fingerprint density at radius 1 is 1.32 bits per heavy atom. The van der Waals surface area contributed by atoms with Gasteiger partial charge in [-0.1, -0.05) is 24.3 Å². The van der Waals surface area contributed by atoms with Crippen LogP contribution in [0.25, 0.3) is 10.4 Å². The molecule has 0 aliphatic heterocycles. The number of methoxy groups -OCH3 is 2. The van der Waals surface area contributed by atoms with Crippen molar-refractivity contribution in [2.45, 2.75) is 13.5 Å².